The van der Waals surface area contributed by atoms with E-state index in [1.165, 1.54) is 18.2 Å². The van der Waals surface area contributed by atoms with Gasteiger partial charge in [0.05, 0.1) is 6.04 Å². The highest BCUT2D eigenvalue weighted by Crippen LogP contribution is 2.29. The molecule has 0 aliphatic carbocycles. The lowest BCUT2D eigenvalue weighted by atomic mass is 10.2. The molecular formula is C17H23NO2S. The molecule has 1 N–H and O–H groups in total. The summed E-state index contributed by atoms with van der Waals surface area (Å²) in [5.41, 5.74) is 0.978. The first kappa shape index (κ1) is 14.9. The Morgan fingerprint density at radius 3 is 2.86 bits per heavy atom. The van der Waals surface area contributed by atoms with E-state index in [2.05, 4.69) is 30.4 Å². The zero-order valence-electron chi connectivity index (χ0n) is 12.5. The first-order valence-electron chi connectivity index (χ1n) is 7.78. The summed E-state index contributed by atoms with van der Waals surface area (Å²) >= 11 is 2.05. The average Bonchev–Trinajstić information content (AvgIpc) is 2.96. The van der Waals surface area contributed by atoms with Crippen LogP contribution in [0.4, 0.5) is 0 Å². The minimum Gasteiger partial charge on any atom is -0.459 e. The second-order valence-electron chi connectivity index (χ2n) is 5.44. The Bertz CT molecular complexity index is 530. The van der Waals surface area contributed by atoms with Gasteiger partial charge in [-0.15, -0.1) is 0 Å². The third-order valence-corrected chi connectivity index (χ3v) is 5.37. The van der Waals surface area contributed by atoms with Crippen LogP contribution in [0.25, 0.3) is 11.0 Å². The fraction of sp³-hybridized carbons (Fsp3) is 0.529. The smallest absolute Gasteiger partial charge is 0.134 e. The Hall–Kier alpha value is -0.970. The molecule has 114 valence electrons. The summed E-state index contributed by atoms with van der Waals surface area (Å²) < 4.78 is 11.5. The lowest BCUT2D eigenvalue weighted by molar-refractivity contribution is 0.1000. The fourth-order valence-electron chi connectivity index (χ4n) is 2.74. The van der Waals surface area contributed by atoms with Gasteiger partial charge in [0.15, 0.2) is 0 Å². The molecular weight excluding hydrogens is 282 g/mol. The predicted octanol–water partition coefficient (Wildman–Crippen LogP) is 4.00. The maximum Gasteiger partial charge on any atom is 0.134 e. The Balaban J connectivity index is 1.67. The minimum absolute atomic E-state index is 0.287. The van der Waals surface area contributed by atoms with E-state index in [9.17, 15) is 0 Å². The van der Waals surface area contributed by atoms with Crippen molar-refractivity contribution in [2.45, 2.75) is 31.1 Å². The lowest BCUT2D eigenvalue weighted by Crippen LogP contribution is -2.25. The van der Waals surface area contributed by atoms with E-state index < -0.39 is 0 Å². The number of fused-ring (bicyclic) bond motifs is 1. The van der Waals surface area contributed by atoms with E-state index in [1.54, 1.807) is 0 Å². The number of nitrogens with one attached hydrogen (secondary N) is 1. The molecule has 0 bridgehead atoms. The molecule has 3 rings (SSSR count). The number of hydrogen-bond donors (Lipinski definition) is 1. The molecule has 1 aromatic carbocycles. The molecule has 1 aromatic heterocycles. The molecule has 1 saturated heterocycles. The Morgan fingerprint density at radius 2 is 2.10 bits per heavy atom. The van der Waals surface area contributed by atoms with Crippen molar-refractivity contribution in [1.82, 2.24) is 5.32 Å². The van der Waals surface area contributed by atoms with E-state index in [-0.39, 0.29) is 6.04 Å². The van der Waals surface area contributed by atoms with Crippen LogP contribution >= 0.6 is 11.8 Å². The lowest BCUT2D eigenvalue weighted by Gasteiger charge is -2.23. The predicted molar refractivity (Wildman–Crippen MR) is 88.9 cm³/mol. The SMILES string of the molecule is CCNC(CSC1CCOCC1)c1cc2ccccc2o1. The van der Waals surface area contributed by atoms with Crippen molar-refractivity contribution in [3.8, 4) is 0 Å². The minimum atomic E-state index is 0.287. The van der Waals surface area contributed by atoms with E-state index in [0.29, 0.717) is 0 Å². The van der Waals surface area contributed by atoms with E-state index in [0.717, 1.165) is 42.1 Å². The van der Waals surface area contributed by atoms with Gasteiger partial charge in [-0.1, -0.05) is 25.1 Å². The molecule has 1 aliphatic heterocycles. The maximum atomic E-state index is 6.02. The van der Waals surface area contributed by atoms with E-state index in [4.69, 9.17) is 9.15 Å². The molecule has 1 aliphatic rings. The van der Waals surface area contributed by atoms with Crippen molar-refractivity contribution in [2.24, 2.45) is 0 Å². The first-order chi connectivity index (χ1) is 10.4. The normalized spacial score (nSPS) is 18.1. The van der Waals surface area contributed by atoms with Gasteiger partial charge in [-0.3, -0.25) is 0 Å². The standard InChI is InChI=1S/C17H23NO2S/c1-2-18-15(12-21-14-7-9-19-10-8-14)17-11-13-5-3-4-6-16(13)20-17/h3-6,11,14-15,18H,2,7-10,12H2,1H3. The van der Waals surface area contributed by atoms with Crippen LogP contribution in [0.5, 0.6) is 0 Å². The summed E-state index contributed by atoms with van der Waals surface area (Å²) in [6.45, 7) is 4.92. The van der Waals surface area contributed by atoms with Crippen LogP contribution < -0.4 is 5.32 Å². The zero-order valence-corrected chi connectivity index (χ0v) is 13.3. The number of thioether (sulfide) groups is 1. The number of benzene rings is 1. The summed E-state index contributed by atoms with van der Waals surface area (Å²) in [5.74, 6) is 2.11. The van der Waals surface area contributed by atoms with Gasteiger partial charge in [-0.2, -0.15) is 11.8 Å². The third-order valence-electron chi connectivity index (χ3n) is 3.91. The maximum absolute atomic E-state index is 6.02. The van der Waals surface area contributed by atoms with Gasteiger partial charge >= 0.3 is 0 Å². The topological polar surface area (TPSA) is 34.4 Å². The highest BCUT2D eigenvalue weighted by Gasteiger charge is 2.20. The fourth-order valence-corrected chi connectivity index (χ4v) is 4.01. The van der Waals surface area contributed by atoms with Crippen molar-refractivity contribution < 1.29 is 9.15 Å². The quantitative estimate of drug-likeness (QED) is 0.875. The molecule has 0 spiro atoms. The van der Waals surface area contributed by atoms with Gasteiger partial charge < -0.3 is 14.5 Å². The first-order valence-corrected chi connectivity index (χ1v) is 8.83. The van der Waals surface area contributed by atoms with Crippen LogP contribution in [-0.4, -0.2) is 30.8 Å². The van der Waals surface area contributed by atoms with Gasteiger partial charge in [0.2, 0.25) is 0 Å². The van der Waals surface area contributed by atoms with Gasteiger partial charge in [-0.25, -0.2) is 0 Å². The zero-order chi connectivity index (χ0) is 14.5. The number of hydrogen-bond acceptors (Lipinski definition) is 4. The average molecular weight is 305 g/mol. The second-order valence-corrected chi connectivity index (χ2v) is 6.78. The van der Waals surface area contributed by atoms with Crippen LogP contribution in [0.3, 0.4) is 0 Å². The Morgan fingerprint density at radius 1 is 1.29 bits per heavy atom. The van der Waals surface area contributed by atoms with Gasteiger partial charge in [0.1, 0.15) is 11.3 Å². The monoisotopic (exact) mass is 305 g/mol. The van der Waals surface area contributed by atoms with Crippen molar-refractivity contribution >= 4 is 22.7 Å². The molecule has 1 fully saturated rings. The largest absolute Gasteiger partial charge is 0.459 e. The summed E-state index contributed by atoms with van der Waals surface area (Å²) in [6, 6.07) is 10.7. The van der Waals surface area contributed by atoms with E-state index in [1.807, 2.05) is 23.9 Å². The summed E-state index contributed by atoms with van der Waals surface area (Å²) in [4.78, 5) is 0. The summed E-state index contributed by atoms with van der Waals surface area (Å²) in [7, 11) is 0. The third kappa shape index (κ3) is 3.82. The number of ether oxygens (including phenoxy) is 1. The van der Waals surface area contributed by atoms with Crippen molar-refractivity contribution in [1.29, 1.82) is 0 Å². The number of furan rings is 1. The summed E-state index contributed by atoms with van der Waals surface area (Å²) in [5, 5.41) is 5.47. The highest BCUT2D eigenvalue weighted by molar-refractivity contribution is 7.99. The Kier molecular flexibility index (Phi) is 5.22. The van der Waals surface area contributed by atoms with Crippen LogP contribution in [0.1, 0.15) is 31.6 Å². The molecule has 4 heteroatoms. The Labute approximate surface area is 130 Å². The van der Waals surface area contributed by atoms with Crippen molar-refractivity contribution in [3.05, 3.63) is 36.1 Å². The number of rotatable bonds is 6. The molecule has 2 aromatic rings. The summed E-state index contributed by atoms with van der Waals surface area (Å²) in [6.07, 6.45) is 2.34. The van der Waals surface area contributed by atoms with Crippen molar-refractivity contribution in [3.63, 3.8) is 0 Å². The van der Waals surface area contributed by atoms with Gasteiger partial charge in [0.25, 0.3) is 0 Å². The van der Waals surface area contributed by atoms with Crippen LogP contribution in [0, 0.1) is 0 Å². The highest BCUT2D eigenvalue weighted by atomic mass is 32.2. The molecule has 21 heavy (non-hydrogen) atoms. The molecule has 0 saturated carbocycles. The molecule has 1 atom stereocenters. The van der Waals surface area contributed by atoms with Crippen molar-refractivity contribution in [2.75, 3.05) is 25.5 Å². The molecule has 3 nitrogen and oxygen atoms in total. The van der Waals surface area contributed by atoms with Crippen LogP contribution in [-0.2, 0) is 4.74 Å². The molecule has 0 radical (unpaired) electrons. The molecule has 2 heterocycles. The van der Waals surface area contributed by atoms with Crippen LogP contribution in [0.15, 0.2) is 34.7 Å². The van der Waals surface area contributed by atoms with Crippen LogP contribution in [0.2, 0.25) is 0 Å². The van der Waals surface area contributed by atoms with Gasteiger partial charge in [0, 0.05) is 29.6 Å². The molecule has 0 amide bonds. The van der Waals surface area contributed by atoms with Gasteiger partial charge in [-0.05, 0) is 31.5 Å². The molecule has 1 unspecified atom stereocenters. The number of para-hydroxylation sites is 1. The second kappa shape index (κ2) is 7.34. The van der Waals surface area contributed by atoms with E-state index >= 15 is 0 Å².